The fourth-order valence-corrected chi connectivity index (χ4v) is 3.18. The topological polar surface area (TPSA) is 75.3 Å². The lowest BCUT2D eigenvalue weighted by molar-refractivity contribution is -0.134. The highest BCUT2D eigenvalue weighted by Crippen LogP contribution is 2.12. The summed E-state index contributed by atoms with van der Waals surface area (Å²) in [6.45, 7) is 0.453. The van der Waals surface area contributed by atoms with Crippen LogP contribution in [0.4, 0.5) is 0 Å². The number of aromatic amines is 1. The van der Waals surface area contributed by atoms with E-state index in [-0.39, 0.29) is 24.6 Å². The lowest BCUT2D eigenvalue weighted by Crippen LogP contribution is -2.35. The monoisotopic (exact) mass is 399 g/mol. The van der Waals surface area contributed by atoms with E-state index >= 15 is 0 Å². The molecule has 0 aliphatic carbocycles. The van der Waals surface area contributed by atoms with E-state index in [1.165, 1.54) is 0 Å². The summed E-state index contributed by atoms with van der Waals surface area (Å²) in [5, 5.41) is 0.523. The lowest BCUT2D eigenvalue weighted by Gasteiger charge is -2.22. The number of aromatic nitrogens is 2. The van der Waals surface area contributed by atoms with E-state index in [1.54, 1.807) is 35.2 Å². The molecule has 0 radical (unpaired) electrons. The Morgan fingerprint density at radius 2 is 1.53 bits per heavy atom. The molecular formula is C24H21N3O3. The second kappa shape index (κ2) is 9.05. The first-order valence-corrected chi connectivity index (χ1v) is 9.66. The Labute approximate surface area is 173 Å². The van der Waals surface area contributed by atoms with Gasteiger partial charge in [0.25, 0.3) is 11.5 Å². The first-order chi connectivity index (χ1) is 14.7. The summed E-state index contributed by atoms with van der Waals surface area (Å²) in [6, 6.07) is 26.0. The smallest absolute Gasteiger partial charge is 0.261 e. The van der Waals surface area contributed by atoms with Crippen LogP contribution in [-0.2, 0) is 17.9 Å². The molecule has 0 bridgehead atoms. The second-order valence-electron chi connectivity index (χ2n) is 6.87. The zero-order valence-electron chi connectivity index (χ0n) is 16.3. The van der Waals surface area contributed by atoms with E-state index in [0.717, 1.165) is 5.56 Å². The molecule has 0 unspecified atom stereocenters. The van der Waals surface area contributed by atoms with E-state index in [0.29, 0.717) is 29.0 Å². The number of carbonyl (C=O) groups is 1. The van der Waals surface area contributed by atoms with Gasteiger partial charge < -0.3 is 14.6 Å². The van der Waals surface area contributed by atoms with Gasteiger partial charge >= 0.3 is 0 Å². The van der Waals surface area contributed by atoms with Crippen LogP contribution in [0.25, 0.3) is 10.9 Å². The van der Waals surface area contributed by atoms with Crippen molar-refractivity contribution in [1.82, 2.24) is 14.9 Å². The number of hydrogen-bond acceptors (Lipinski definition) is 4. The molecule has 0 saturated heterocycles. The number of H-pyrrole nitrogens is 1. The minimum Gasteiger partial charge on any atom is -0.484 e. The van der Waals surface area contributed by atoms with E-state index in [1.807, 2.05) is 54.6 Å². The third-order valence-corrected chi connectivity index (χ3v) is 4.68. The van der Waals surface area contributed by atoms with Gasteiger partial charge in [-0.05, 0) is 29.8 Å². The number of hydrogen-bond donors (Lipinski definition) is 1. The first-order valence-electron chi connectivity index (χ1n) is 9.66. The van der Waals surface area contributed by atoms with Crippen molar-refractivity contribution >= 4 is 16.8 Å². The summed E-state index contributed by atoms with van der Waals surface area (Å²) in [5.41, 5.74) is 1.36. The van der Waals surface area contributed by atoms with Crippen molar-refractivity contribution in [3.8, 4) is 5.75 Å². The summed E-state index contributed by atoms with van der Waals surface area (Å²) < 4.78 is 5.63. The Morgan fingerprint density at radius 1 is 0.867 bits per heavy atom. The van der Waals surface area contributed by atoms with E-state index in [9.17, 15) is 9.59 Å². The standard InChI is InChI=1S/C24H21N3O3/c28-23(17-30-19-11-5-2-6-12-19)27(15-18-9-3-1-4-10-18)16-22-25-21-14-8-7-13-20(21)24(29)26-22/h1-14H,15-17H2,(H,25,26,29). The van der Waals surface area contributed by atoms with Crippen LogP contribution in [0, 0.1) is 0 Å². The van der Waals surface area contributed by atoms with E-state index < -0.39 is 0 Å². The van der Waals surface area contributed by atoms with Gasteiger partial charge in [0.2, 0.25) is 0 Å². The number of nitrogens with one attached hydrogen (secondary N) is 1. The van der Waals surface area contributed by atoms with Gasteiger partial charge in [0, 0.05) is 6.54 Å². The molecule has 0 aliphatic rings. The second-order valence-corrected chi connectivity index (χ2v) is 6.87. The van der Waals surface area contributed by atoms with Gasteiger partial charge in [-0.25, -0.2) is 4.98 Å². The molecule has 6 nitrogen and oxygen atoms in total. The van der Waals surface area contributed by atoms with Crippen molar-refractivity contribution in [3.05, 3.63) is 107 Å². The summed E-state index contributed by atoms with van der Waals surface area (Å²) in [6.07, 6.45) is 0. The molecule has 1 N–H and O–H groups in total. The fraction of sp³-hybridized carbons (Fsp3) is 0.125. The highest BCUT2D eigenvalue weighted by molar-refractivity contribution is 5.78. The third kappa shape index (κ3) is 4.72. The molecule has 0 atom stereocenters. The molecule has 1 heterocycles. The van der Waals surface area contributed by atoms with Crippen LogP contribution < -0.4 is 10.3 Å². The minimum absolute atomic E-state index is 0.103. The molecule has 0 spiro atoms. The highest BCUT2D eigenvalue weighted by Gasteiger charge is 2.17. The van der Waals surface area contributed by atoms with Crippen molar-refractivity contribution in [3.63, 3.8) is 0 Å². The fourth-order valence-electron chi connectivity index (χ4n) is 3.18. The molecule has 0 saturated carbocycles. The van der Waals surface area contributed by atoms with Gasteiger partial charge in [0.1, 0.15) is 11.6 Å². The molecule has 0 aliphatic heterocycles. The summed E-state index contributed by atoms with van der Waals surface area (Å²) in [7, 11) is 0. The number of rotatable bonds is 7. The van der Waals surface area contributed by atoms with Crippen LogP contribution in [0.15, 0.2) is 89.7 Å². The molecule has 4 aromatic rings. The van der Waals surface area contributed by atoms with Gasteiger partial charge in [-0.3, -0.25) is 9.59 Å². The van der Waals surface area contributed by atoms with Crippen molar-refractivity contribution in [1.29, 1.82) is 0 Å². The van der Waals surface area contributed by atoms with Crippen molar-refractivity contribution < 1.29 is 9.53 Å². The van der Waals surface area contributed by atoms with Gasteiger partial charge in [0.05, 0.1) is 17.4 Å². The molecule has 30 heavy (non-hydrogen) atoms. The van der Waals surface area contributed by atoms with Crippen molar-refractivity contribution in [2.45, 2.75) is 13.1 Å². The van der Waals surface area contributed by atoms with Gasteiger partial charge in [-0.15, -0.1) is 0 Å². The largest absolute Gasteiger partial charge is 0.484 e. The van der Waals surface area contributed by atoms with Crippen molar-refractivity contribution in [2.24, 2.45) is 0 Å². The third-order valence-electron chi connectivity index (χ3n) is 4.68. The first kappa shape index (κ1) is 19.4. The maximum absolute atomic E-state index is 13.0. The van der Waals surface area contributed by atoms with Crippen LogP contribution in [0.3, 0.4) is 0 Å². The zero-order valence-corrected chi connectivity index (χ0v) is 16.3. The Kier molecular flexibility index (Phi) is 5.85. The number of benzene rings is 3. The molecule has 4 rings (SSSR count). The maximum Gasteiger partial charge on any atom is 0.261 e. The van der Waals surface area contributed by atoms with Crippen molar-refractivity contribution in [2.75, 3.05) is 6.61 Å². The molecule has 6 heteroatoms. The number of para-hydroxylation sites is 2. The quantitative estimate of drug-likeness (QED) is 0.516. The minimum atomic E-state index is -0.219. The summed E-state index contributed by atoms with van der Waals surface area (Å²) in [5.74, 6) is 0.865. The summed E-state index contributed by atoms with van der Waals surface area (Å²) >= 11 is 0. The van der Waals surface area contributed by atoms with Crippen LogP contribution in [0.1, 0.15) is 11.4 Å². The highest BCUT2D eigenvalue weighted by atomic mass is 16.5. The Balaban J connectivity index is 1.56. The van der Waals surface area contributed by atoms with Crippen LogP contribution in [0.2, 0.25) is 0 Å². The van der Waals surface area contributed by atoms with E-state index in [4.69, 9.17) is 4.74 Å². The van der Waals surface area contributed by atoms with E-state index in [2.05, 4.69) is 9.97 Å². The SMILES string of the molecule is O=C(COc1ccccc1)N(Cc1ccccc1)Cc1nc2ccccc2c(=O)[nH]1. The molecule has 1 amide bonds. The normalized spacial score (nSPS) is 10.7. The van der Waals surface area contributed by atoms with Crippen LogP contribution >= 0.6 is 0 Å². The molecular weight excluding hydrogens is 378 g/mol. The number of ether oxygens (including phenoxy) is 1. The van der Waals surface area contributed by atoms with Gasteiger partial charge in [0.15, 0.2) is 6.61 Å². The predicted molar refractivity (Wildman–Crippen MR) is 115 cm³/mol. The average Bonchev–Trinajstić information content (AvgIpc) is 2.78. The van der Waals surface area contributed by atoms with Crippen LogP contribution in [0.5, 0.6) is 5.75 Å². The predicted octanol–water partition coefficient (Wildman–Crippen LogP) is 3.53. The number of nitrogens with zero attached hydrogens (tertiary/aromatic N) is 2. The Morgan fingerprint density at radius 3 is 2.30 bits per heavy atom. The lowest BCUT2D eigenvalue weighted by atomic mass is 10.2. The Hall–Kier alpha value is -3.93. The maximum atomic E-state index is 13.0. The number of amides is 1. The van der Waals surface area contributed by atoms with Gasteiger partial charge in [-0.2, -0.15) is 0 Å². The number of fused-ring (bicyclic) bond motifs is 1. The summed E-state index contributed by atoms with van der Waals surface area (Å²) in [4.78, 5) is 34.3. The molecule has 0 fully saturated rings. The zero-order chi connectivity index (χ0) is 20.8. The van der Waals surface area contributed by atoms with Crippen LogP contribution in [-0.4, -0.2) is 27.4 Å². The number of carbonyl (C=O) groups excluding carboxylic acids is 1. The Bertz CT molecular complexity index is 1190. The average molecular weight is 399 g/mol. The molecule has 150 valence electrons. The van der Waals surface area contributed by atoms with Gasteiger partial charge in [-0.1, -0.05) is 60.7 Å². The molecule has 3 aromatic carbocycles. The molecule has 1 aromatic heterocycles.